The molecule has 1 aliphatic carbocycles. The van der Waals surface area contributed by atoms with Crippen LogP contribution in [-0.4, -0.2) is 27.5 Å². The van der Waals surface area contributed by atoms with E-state index in [0.717, 1.165) is 5.56 Å². The zero-order valence-corrected chi connectivity index (χ0v) is 12.2. The average molecular weight is 265 g/mol. The fourth-order valence-corrected chi connectivity index (χ4v) is 2.80. The first kappa shape index (κ1) is 14.5. The van der Waals surface area contributed by atoms with Gasteiger partial charge in [-0.1, -0.05) is 32.1 Å². The van der Waals surface area contributed by atoms with Crippen molar-refractivity contribution in [2.45, 2.75) is 63.5 Å². The Kier molecular flexibility index (Phi) is 4.99. The van der Waals surface area contributed by atoms with Gasteiger partial charge >= 0.3 is 0 Å². The summed E-state index contributed by atoms with van der Waals surface area (Å²) in [6.45, 7) is 2.46. The summed E-state index contributed by atoms with van der Waals surface area (Å²) in [5.74, 6) is 0. The van der Waals surface area contributed by atoms with Gasteiger partial charge in [0.2, 0.25) is 0 Å². The van der Waals surface area contributed by atoms with Crippen LogP contribution in [0.3, 0.4) is 0 Å². The summed E-state index contributed by atoms with van der Waals surface area (Å²) in [7, 11) is 1.88. The summed E-state index contributed by atoms with van der Waals surface area (Å²) < 4.78 is 1.74. The third-order valence-electron chi connectivity index (χ3n) is 4.17. The smallest absolute Gasteiger partial charge is 0.102 e. The summed E-state index contributed by atoms with van der Waals surface area (Å²) in [4.78, 5) is 0. The van der Waals surface area contributed by atoms with Gasteiger partial charge in [-0.05, 0) is 19.8 Å². The second-order valence-electron chi connectivity index (χ2n) is 6.10. The first-order valence-corrected chi connectivity index (χ1v) is 7.53. The Hall–Kier alpha value is -0.870. The standard InChI is InChI=1S/C15H27N3O/c1-15(19,13-10-17-18(2)11-13)12-16-14-8-6-4-3-5-7-9-14/h10-11,14,16,19H,3-9,12H2,1-2H3. The van der Waals surface area contributed by atoms with E-state index in [2.05, 4.69) is 10.4 Å². The van der Waals surface area contributed by atoms with Crippen LogP contribution < -0.4 is 5.32 Å². The van der Waals surface area contributed by atoms with E-state index in [-0.39, 0.29) is 0 Å². The molecular weight excluding hydrogens is 238 g/mol. The molecule has 19 heavy (non-hydrogen) atoms. The molecule has 2 N–H and O–H groups in total. The Labute approximate surface area is 116 Å². The molecule has 2 rings (SSSR count). The lowest BCUT2D eigenvalue weighted by Gasteiger charge is -2.27. The van der Waals surface area contributed by atoms with Crippen LogP contribution in [0, 0.1) is 0 Å². The van der Waals surface area contributed by atoms with Gasteiger partial charge in [0.1, 0.15) is 5.60 Å². The SMILES string of the molecule is Cn1cc(C(C)(O)CNC2CCCCCCC2)cn1. The van der Waals surface area contributed by atoms with Crippen molar-refractivity contribution >= 4 is 0 Å². The van der Waals surface area contributed by atoms with E-state index in [9.17, 15) is 5.11 Å². The summed E-state index contributed by atoms with van der Waals surface area (Å²) in [5.41, 5.74) is 0.0460. The van der Waals surface area contributed by atoms with Gasteiger partial charge in [-0.25, -0.2) is 0 Å². The molecule has 1 heterocycles. The molecule has 1 aromatic heterocycles. The molecule has 0 amide bonds. The highest BCUT2D eigenvalue weighted by Gasteiger charge is 2.25. The van der Waals surface area contributed by atoms with Crippen LogP contribution in [0.4, 0.5) is 0 Å². The maximum atomic E-state index is 10.5. The van der Waals surface area contributed by atoms with Gasteiger partial charge in [-0.2, -0.15) is 5.10 Å². The normalized spacial score (nSPS) is 21.6. The van der Waals surface area contributed by atoms with Crippen molar-refractivity contribution in [1.29, 1.82) is 0 Å². The molecule has 4 heteroatoms. The third-order valence-corrected chi connectivity index (χ3v) is 4.17. The predicted molar refractivity (Wildman–Crippen MR) is 76.9 cm³/mol. The number of aromatic nitrogens is 2. The van der Waals surface area contributed by atoms with Crippen molar-refractivity contribution in [3.63, 3.8) is 0 Å². The van der Waals surface area contributed by atoms with Crippen molar-refractivity contribution in [2.24, 2.45) is 7.05 Å². The van der Waals surface area contributed by atoms with E-state index in [1.807, 2.05) is 20.2 Å². The van der Waals surface area contributed by atoms with Crippen LogP contribution in [0.5, 0.6) is 0 Å². The fourth-order valence-electron chi connectivity index (χ4n) is 2.80. The minimum atomic E-state index is -0.837. The largest absolute Gasteiger partial charge is 0.384 e. The molecule has 1 aromatic rings. The van der Waals surface area contributed by atoms with Crippen molar-refractivity contribution in [3.8, 4) is 0 Å². The topological polar surface area (TPSA) is 50.1 Å². The molecular formula is C15H27N3O. The van der Waals surface area contributed by atoms with Crippen molar-refractivity contribution in [2.75, 3.05) is 6.54 Å². The number of hydrogen-bond acceptors (Lipinski definition) is 3. The lowest BCUT2D eigenvalue weighted by Crippen LogP contribution is -2.41. The number of hydrogen-bond donors (Lipinski definition) is 2. The highest BCUT2D eigenvalue weighted by molar-refractivity contribution is 5.14. The summed E-state index contributed by atoms with van der Waals surface area (Å²) in [6.07, 6.45) is 12.8. The zero-order chi connectivity index (χ0) is 13.7. The van der Waals surface area contributed by atoms with Gasteiger partial charge in [0.25, 0.3) is 0 Å². The maximum Gasteiger partial charge on any atom is 0.102 e. The number of aryl methyl sites for hydroxylation is 1. The highest BCUT2D eigenvalue weighted by Crippen LogP contribution is 2.21. The molecule has 0 spiro atoms. The van der Waals surface area contributed by atoms with E-state index in [1.165, 1.54) is 44.9 Å². The molecule has 4 nitrogen and oxygen atoms in total. The molecule has 0 aliphatic heterocycles. The Morgan fingerprint density at radius 2 is 1.95 bits per heavy atom. The molecule has 0 radical (unpaired) electrons. The van der Waals surface area contributed by atoms with Crippen LogP contribution in [0.2, 0.25) is 0 Å². The molecule has 1 unspecified atom stereocenters. The molecule has 0 saturated heterocycles. The Balaban J connectivity index is 1.85. The van der Waals surface area contributed by atoms with Gasteiger partial charge in [0.15, 0.2) is 0 Å². The van der Waals surface area contributed by atoms with Crippen LogP contribution in [-0.2, 0) is 12.6 Å². The van der Waals surface area contributed by atoms with Gasteiger partial charge < -0.3 is 10.4 Å². The Morgan fingerprint density at radius 3 is 2.53 bits per heavy atom. The first-order valence-electron chi connectivity index (χ1n) is 7.53. The van der Waals surface area contributed by atoms with E-state index in [1.54, 1.807) is 10.9 Å². The van der Waals surface area contributed by atoms with E-state index in [4.69, 9.17) is 0 Å². The van der Waals surface area contributed by atoms with Crippen LogP contribution in [0.1, 0.15) is 57.4 Å². The van der Waals surface area contributed by atoms with Crippen LogP contribution >= 0.6 is 0 Å². The van der Waals surface area contributed by atoms with E-state index >= 15 is 0 Å². The Morgan fingerprint density at radius 1 is 1.32 bits per heavy atom. The number of nitrogens with zero attached hydrogens (tertiary/aromatic N) is 2. The van der Waals surface area contributed by atoms with E-state index < -0.39 is 5.60 Å². The van der Waals surface area contributed by atoms with Crippen LogP contribution in [0.15, 0.2) is 12.4 Å². The maximum absolute atomic E-state index is 10.5. The monoisotopic (exact) mass is 265 g/mol. The van der Waals surface area contributed by atoms with Gasteiger partial charge in [-0.3, -0.25) is 4.68 Å². The van der Waals surface area contributed by atoms with E-state index in [0.29, 0.717) is 12.6 Å². The van der Waals surface area contributed by atoms with Gasteiger partial charge in [0.05, 0.1) is 6.20 Å². The third kappa shape index (κ3) is 4.32. The second-order valence-corrected chi connectivity index (χ2v) is 6.10. The first-order chi connectivity index (χ1) is 9.08. The molecule has 1 aliphatic rings. The molecule has 1 atom stereocenters. The number of nitrogens with one attached hydrogen (secondary N) is 1. The van der Waals surface area contributed by atoms with Crippen molar-refractivity contribution in [3.05, 3.63) is 18.0 Å². The Bertz CT molecular complexity index is 378. The minimum absolute atomic E-state index is 0.559. The number of aliphatic hydroxyl groups is 1. The van der Waals surface area contributed by atoms with Crippen molar-refractivity contribution < 1.29 is 5.11 Å². The quantitative estimate of drug-likeness (QED) is 0.878. The molecule has 0 bridgehead atoms. The molecule has 1 saturated carbocycles. The van der Waals surface area contributed by atoms with Crippen molar-refractivity contribution in [1.82, 2.24) is 15.1 Å². The minimum Gasteiger partial charge on any atom is -0.384 e. The predicted octanol–water partition coefficient (Wildman–Crippen LogP) is 2.33. The van der Waals surface area contributed by atoms with Gasteiger partial charge in [0, 0.05) is 31.4 Å². The fraction of sp³-hybridized carbons (Fsp3) is 0.800. The number of rotatable bonds is 4. The summed E-state index contributed by atoms with van der Waals surface area (Å²) in [5, 5.41) is 18.2. The second kappa shape index (κ2) is 6.53. The van der Waals surface area contributed by atoms with Gasteiger partial charge in [-0.15, -0.1) is 0 Å². The summed E-state index contributed by atoms with van der Waals surface area (Å²) >= 11 is 0. The average Bonchev–Trinajstić information content (AvgIpc) is 2.75. The summed E-state index contributed by atoms with van der Waals surface area (Å²) in [6, 6.07) is 0.559. The molecule has 0 aromatic carbocycles. The lowest BCUT2D eigenvalue weighted by molar-refractivity contribution is 0.0526. The zero-order valence-electron chi connectivity index (χ0n) is 12.2. The van der Waals surface area contributed by atoms with Crippen LogP contribution in [0.25, 0.3) is 0 Å². The lowest BCUT2D eigenvalue weighted by atomic mass is 9.94. The molecule has 1 fully saturated rings. The molecule has 108 valence electrons. The highest BCUT2D eigenvalue weighted by atomic mass is 16.3.